The van der Waals surface area contributed by atoms with Gasteiger partial charge in [-0.25, -0.2) is 4.98 Å². The highest BCUT2D eigenvalue weighted by atomic mass is 16.5. The van der Waals surface area contributed by atoms with Gasteiger partial charge in [0.05, 0.1) is 19.5 Å². The molecule has 0 bridgehead atoms. The largest absolute Gasteiger partial charge is 0.493 e. The maximum absolute atomic E-state index is 12.4. The predicted molar refractivity (Wildman–Crippen MR) is 108 cm³/mol. The highest BCUT2D eigenvalue weighted by Crippen LogP contribution is 2.28. The van der Waals surface area contributed by atoms with Crippen molar-refractivity contribution < 1.29 is 14.3 Å². The van der Waals surface area contributed by atoms with Gasteiger partial charge in [-0.15, -0.1) is 0 Å². The minimum Gasteiger partial charge on any atom is -0.493 e. The van der Waals surface area contributed by atoms with E-state index in [1.807, 2.05) is 67.1 Å². The second kappa shape index (κ2) is 9.08. The third kappa shape index (κ3) is 5.13. The van der Waals surface area contributed by atoms with Gasteiger partial charge >= 0.3 is 0 Å². The molecule has 0 spiro atoms. The average molecular weight is 379 g/mol. The minimum atomic E-state index is -0.115. The van der Waals surface area contributed by atoms with Crippen LogP contribution in [-0.4, -0.2) is 28.7 Å². The summed E-state index contributed by atoms with van der Waals surface area (Å²) in [7, 11) is 1.61. The number of ether oxygens (including phenoxy) is 2. The van der Waals surface area contributed by atoms with Gasteiger partial charge in [0, 0.05) is 31.0 Å². The highest BCUT2D eigenvalue weighted by Gasteiger charge is 2.09. The second-order valence-corrected chi connectivity index (χ2v) is 6.77. The Morgan fingerprint density at radius 1 is 1.11 bits per heavy atom. The van der Waals surface area contributed by atoms with Crippen LogP contribution in [0.3, 0.4) is 0 Å². The van der Waals surface area contributed by atoms with Crippen LogP contribution in [0.2, 0.25) is 0 Å². The molecule has 2 aromatic carbocycles. The van der Waals surface area contributed by atoms with Gasteiger partial charge in [0.1, 0.15) is 0 Å². The van der Waals surface area contributed by atoms with Gasteiger partial charge in [-0.05, 0) is 49.2 Å². The molecule has 0 atom stereocenters. The first-order valence-electron chi connectivity index (χ1n) is 9.21. The molecule has 1 aromatic heterocycles. The smallest absolute Gasteiger partial charge is 0.251 e. The van der Waals surface area contributed by atoms with Crippen molar-refractivity contribution in [2.24, 2.45) is 0 Å². The van der Waals surface area contributed by atoms with Crippen LogP contribution in [0.1, 0.15) is 35.3 Å². The number of carbonyl (C=O) groups is 1. The molecular weight excluding hydrogens is 354 g/mol. The fraction of sp³-hybridized carbons (Fsp3) is 0.273. The average Bonchev–Trinajstić information content (AvgIpc) is 3.20. The summed E-state index contributed by atoms with van der Waals surface area (Å²) < 4.78 is 13.1. The van der Waals surface area contributed by atoms with Crippen molar-refractivity contribution in [2.45, 2.75) is 33.0 Å². The van der Waals surface area contributed by atoms with Crippen LogP contribution >= 0.6 is 0 Å². The van der Waals surface area contributed by atoms with Crippen molar-refractivity contribution in [3.05, 3.63) is 77.9 Å². The molecular formula is C22H25N3O3. The van der Waals surface area contributed by atoms with Crippen LogP contribution in [0.5, 0.6) is 11.5 Å². The molecule has 3 rings (SSSR count). The molecule has 0 radical (unpaired) electrons. The van der Waals surface area contributed by atoms with Gasteiger partial charge < -0.3 is 19.4 Å². The van der Waals surface area contributed by atoms with Crippen LogP contribution in [-0.2, 0) is 13.1 Å². The quantitative estimate of drug-likeness (QED) is 0.649. The van der Waals surface area contributed by atoms with E-state index in [0.29, 0.717) is 23.6 Å². The van der Waals surface area contributed by atoms with Gasteiger partial charge in [-0.1, -0.05) is 18.2 Å². The SMILES string of the molecule is COc1cc(CNC(=O)c2ccc(Cn3ccnc3)cc2)ccc1OC(C)C. The highest BCUT2D eigenvalue weighted by molar-refractivity contribution is 5.94. The predicted octanol–water partition coefficient (Wildman–Crippen LogP) is 3.66. The van der Waals surface area contributed by atoms with Crippen molar-refractivity contribution in [3.63, 3.8) is 0 Å². The van der Waals surface area contributed by atoms with E-state index in [0.717, 1.165) is 17.7 Å². The minimum absolute atomic E-state index is 0.0659. The summed E-state index contributed by atoms with van der Waals surface area (Å²) in [5.74, 6) is 1.24. The van der Waals surface area contributed by atoms with E-state index in [1.54, 1.807) is 19.6 Å². The number of hydrogen-bond acceptors (Lipinski definition) is 4. The monoisotopic (exact) mass is 379 g/mol. The van der Waals surface area contributed by atoms with Gasteiger partial charge in [-0.2, -0.15) is 0 Å². The zero-order valence-electron chi connectivity index (χ0n) is 16.4. The van der Waals surface area contributed by atoms with Crippen molar-refractivity contribution in [3.8, 4) is 11.5 Å². The molecule has 1 heterocycles. The molecule has 0 saturated heterocycles. The number of nitrogens with zero attached hydrogens (tertiary/aromatic N) is 2. The van der Waals surface area contributed by atoms with Gasteiger partial charge in [-0.3, -0.25) is 4.79 Å². The Balaban J connectivity index is 1.59. The summed E-state index contributed by atoms with van der Waals surface area (Å²) >= 11 is 0. The second-order valence-electron chi connectivity index (χ2n) is 6.77. The maximum Gasteiger partial charge on any atom is 0.251 e. The van der Waals surface area contributed by atoms with E-state index in [-0.39, 0.29) is 12.0 Å². The Bertz CT molecular complexity index is 903. The Morgan fingerprint density at radius 3 is 2.50 bits per heavy atom. The van der Waals surface area contributed by atoms with Crippen LogP contribution in [0.25, 0.3) is 0 Å². The fourth-order valence-corrected chi connectivity index (χ4v) is 2.81. The van der Waals surface area contributed by atoms with Crippen molar-refractivity contribution >= 4 is 5.91 Å². The van der Waals surface area contributed by atoms with E-state index < -0.39 is 0 Å². The molecule has 0 aliphatic heterocycles. The molecule has 0 fully saturated rings. The summed E-state index contributed by atoms with van der Waals surface area (Å²) in [6, 6.07) is 13.3. The van der Waals surface area contributed by atoms with Gasteiger partial charge in [0.2, 0.25) is 0 Å². The molecule has 3 aromatic rings. The van der Waals surface area contributed by atoms with E-state index in [1.165, 1.54) is 0 Å². The molecule has 0 unspecified atom stereocenters. The Kier molecular flexibility index (Phi) is 6.32. The molecule has 0 aliphatic rings. The number of hydrogen-bond donors (Lipinski definition) is 1. The first kappa shape index (κ1) is 19.5. The summed E-state index contributed by atoms with van der Waals surface area (Å²) in [6.07, 6.45) is 5.49. The Hall–Kier alpha value is -3.28. The number of nitrogens with one attached hydrogen (secondary N) is 1. The third-order valence-corrected chi connectivity index (χ3v) is 4.18. The van der Waals surface area contributed by atoms with Crippen LogP contribution in [0, 0.1) is 0 Å². The normalized spacial score (nSPS) is 10.7. The lowest BCUT2D eigenvalue weighted by Gasteiger charge is -2.14. The van der Waals surface area contributed by atoms with Crippen LogP contribution in [0.15, 0.2) is 61.2 Å². The molecule has 0 aliphatic carbocycles. The van der Waals surface area contributed by atoms with E-state index >= 15 is 0 Å². The molecule has 6 nitrogen and oxygen atoms in total. The van der Waals surface area contributed by atoms with Crippen LogP contribution in [0.4, 0.5) is 0 Å². The van der Waals surface area contributed by atoms with Crippen molar-refractivity contribution in [1.82, 2.24) is 14.9 Å². The zero-order valence-corrected chi connectivity index (χ0v) is 16.4. The van der Waals surface area contributed by atoms with Crippen molar-refractivity contribution in [1.29, 1.82) is 0 Å². The number of imidazole rings is 1. The number of benzene rings is 2. The van der Waals surface area contributed by atoms with E-state index in [4.69, 9.17) is 9.47 Å². The lowest BCUT2D eigenvalue weighted by molar-refractivity contribution is 0.0951. The maximum atomic E-state index is 12.4. The summed E-state index contributed by atoms with van der Waals surface area (Å²) in [6.45, 7) is 5.07. The zero-order chi connectivity index (χ0) is 19.9. The first-order valence-corrected chi connectivity index (χ1v) is 9.21. The number of aromatic nitrogens is 2. The molecule has 6 heteroatoms. The third-order valence-electron chi connectivity index (χ3n) is 4.18. The molecule has 1 amide bonds. The Labute approximate surface area is 165 Å². The standard InChI is InChI=1S/C22H25N3O3/c1-16(2)28-20-9-6-18(12-21(20)27-3)13-24-22(26)19-7-4-17(5-8-19)14-25-11-10-23-15-25/h4-12,15-16H,13-14H2,1-3H3,(H,24,26). The molecule has 28 heavy (non-hydrogen) atoms. The fourth-order valence-electron chi connectivity index (χ4n) is 2.81. The van der Waals surface area contributed by atoms with Gasteiger partial charge in [0.15, 0.2) is 11.5 Å². The first-order chi connectivity index (χ1) is 13.5. The van der Waals surface area contributed by atoms with Crippen LogP contribution < -0.4 is 14.8 Å². The lowest BCUT2D eigenvalue weighted by atomic mass is 10.1. The number of rotatable bonds is 8. The van der Waals surface area contributed by atoms with E-state index in [9.17, 15) is 4.79 Å². The number of amides is 1. The van der Waals surface area contributed by atoms with E-state index in [2.05, 4.69) is 10.3 Å². The number of methoxy groups -OCH3 is 1. The summed E-state index contributed by atoms with van der Waals surface area (Å²) in [5, 5.41) is 2.94. The van der Waals surface area contributed by atoms with Crippen molar-refractivity contribution in [2.75, 3.05) is 7.11 Å². The number of carbonyl (C=O) groups excluding carboxylic acids is 1. The molecule has 1 N–H and O–H groups in total. The lowest BCUT2D eigenvalue weighted by Crippen LogP contribution is -2.22. The molecule has 146 valence electrons. The molecule has 0 saturated carbocycles. The van der Waals surface area contributed by atoms with Gasteiger partial charge in [0.25, 0.3) is 5.91 Å². The Morgan fingerprint density at radius 2 is 1.86 bits per heavy atom. The topological polar surface area (TPSA) is 65.4 Å². The summed E-state index contributed by atoms with van der Waals surface area (Å²) in [5.41, 5.74) is 2.68. The summed E-state index contributed by atoms with van der Waals surface area (Å²) in [4.78, 5) is 16.5.